The van der Waals surface area contributed by atoms with Gasteiger partial charge in [0.15, 0.2) is 6.61 Å². The van der Waals surface area contributed by atoms with Gasteiger partial charge in [0.1, 0.15) is 11.5 Å². The second kappa shape index (κ2) is 9.59. The molecule has 0 bridgehead atoms. The van der Waals surface area contributed by atoms with Crippen molar-refractivity contribution in [1.82, 2.24) is 10.9 Å². The predicted molar refractivity (Wildman–Crippen MR) is 112 cm³/mol. The zero-order chi connectivity index (χ0) is 20.6. The maximum Gasteiger partial charge on any atom is 0.276 e. The molecule has 2 N–H and O–H groups in total. The molecule has 0 saturated carbocycles. The van der Waals surface area contributed by atoms with E-state index in [1.165, 1.54) is 0 Å². The van der Waals surface area contributed by atoms with Crippen molar-refractivity contribution in [2.24, 2.45) is 0 Å². The van der Waals surface area contributed by atoms with E-state index in [0.717, 1.165) is 17.2 Å². The number of rotatable bonds is 7. The lowest BCUT2D eigenvalue weighted by atomic mass is 10.1. The number of ether oxygens (including phenoxy) is 2. The van der Waals surface area contributed by atoms with Gasteiger partial charge >= 0.3 is 0 Å². The summed E-state index contributed by atoms with van der Waals surface area (Å²) in [6.07, 6.45) is 0.921. The third kappa shape index (κ3) is 5.72. The van der Waals surface area contributed by atoms with E-state index in [1.54, 1.807) is 30.3 Å². The SMILES string of the molecule is CCC(C)Oc1cccc(C(=O)NNC(=O)COc2ccc3ccccc3c2)c1. The van der Waals surface area contributed by atoms with Crippen molar-refractivity contribution >= 4 is 22.6 Å². The molecule has 0 radical (unpaired) electrons. The van der Waals surface area contributed by atoms with Crippen LogP contribution >= 0.6 is 0 Å². The minimum absolute atomic E-state index is 0.0558. The van der Waals surface area contributed by atoms with Crippen molar-refractivity contribution in [3.63, 3.8) is 0 Å². The molecule has 1 atom stereocenters. The van der Waals surface area contributed by atoms with Crippen LogP contribution in [0.15, 0.2) is 66.7 Å². The first kappa shape index (κ1) is 20.2. The van der Waals surface area contributed by atoms with Gasteiger partial charge in [0.25, 0.3) is 11.8 Å². The minimum Gasteiger partial charge on any atom is -0.491 e. The summed E-state index contributed by atoms with van der Waals surface area (Å²) in [6, 6.07) is 20.3. The zero-order valence-corrected chi connectivity index (χ0v) is 16.5. The fraction of sp³-hybridized carbons (Fsp3) is 0.217. The minimum atomic E-state index is -0.460. The number of fused-ring (bicyclic) bond motifs is 1. The summed E-state index contributed by atoms with van der Waals surface area (Å²) in [5.74, 6) is 0.301. The van der Waals surface area contributed by atoms with E-state index < -0.39 is 11.8 Å². The molecule has 0 spiro atoms. The van der Waals surface area contributed by atoms with Crippen molar-refractivity contribution < 1.29 is 19.1 Å². The molecule has 2 amide bonds. The Balaban J connectivity index is 1.49. The largest absolute Gasteiger partial charge is 0.491 e. The summed E-state index contributed by atoms with van der Waals surface area (Å²) in [4.78, 5) is 24.2. The van der Waals surface area contributed by atoms with Crippen molar-refractivity contribution in [1.29, 1.82) is 0 Å². The molecule has 0 aromatic heterocycles. The molecule has 6 nitrogen and oxygen atoms in total. The van der Waals surface area contributed by atoms with Crippen LogP contribution in [0.1, 0.15) is 30.6 Å². The van der Waals surface area contributed by atoms with Gasteiger partial charge in [-0.1, -0.05) is 43.3 Å². The number of hydrazine groups is 1. The van der Waals surface area contributed by atoms with Crippen LogP contribution in [0.5, 0.6) is 11.5 Å². The highest BCUT2D eigenvalue weighted by atomic mass is 16.5. The average molecular weight is 392 g/mol. The lowest BCUT2D eigenvalue weighted by molar-refractivity contribution is -0.123. The summed E-state index contributed by atoms with van der Waals surface area (Å²) in [5.41, 5.74) is 5.13. The van der Waals surface area contributed by atoms with Crippen LogP contribution in [-0.2, 0) is 4.79 Å². The second-order valence-corrected chi connectivity index (χ2v) is 6.66. The molecule has 0 aliphatic heterocycles. The Bertz CT molecular complexity index is 1000. The Labute approximate surface area is 169 Å². The van der Waals surface area contributed by atoms with Gasteiger partial charge in [-0.3, -0.25) is 20.4 Å². The smallest absolute Gasteiger partial charge is 0.276 e. The Morgan fingerprint density at radius 3 is 2.48 bits per heavy atom. The standard InChI is InChI=1S/C23H24N2O4/c1-3-16(2)29-21-10-6-9-19(14-21)23(27)25-24-22(26)15-28-20-12-11-17-7-4-5-8-18(17)13-20/h4-14,16H,3,15H2,1-2H3,(H,24,26)(H,25,27). The highest BCUT2D eigenvalue weighted by molar-refractivity contribution is 5.95. The summed E-state index contributed by atoms with van der Waals surface area (Å²) in [7, 11) is 0. The third-order valence-electron chi connectivity index (χ3n) is 4.41. The second-order valence-electron chi connectivity index (χ2n) is 6.66. The van der Waals surface area contributed by atoms with Crippen LogP contribution < -0.4 is 20.3 Å². The van der Waals surface area contributed by atoms with Gasteiger partial charge in [-0.2, -0.15) is 0 Å². The highest BCUT2D eigenvalue weighted by Crippen LogP contribution is 2.20. The number of benzene rings is 3. The lowest BCUT2D eigenvalue weighted by Gasteiger charge is -2.13. The van der Waals surface area contributed by atoms with Crippen molar-refractivity contribution in [3.8, 4) is 11.5 Å². The molecular weight excluding hydrogens is 368 g/mol. The number of carbonyl (C=O) groups excluding carboxylic acids is 2. The van der Waals surface area contributed by atoms with Crippen LogP contribution in [0.25, 0.3) is 10.8 Å². The maximum absolute atomic E-state index is 12.3. The molecule has 1 unspecified atom stereocenters. The normalized spacial score (nSPS) is 11.5. The van der Waals surface area contributed by atoms with E-state index in [9.17, 15) is 9.59 Å². The van der Waals surface area contributed by atoms with Crippen molar-refractivity contribution in [2.75, 3.05) is 6.61 Å². The Hall–Kier alpha value is -3.54. The maximum atomic E-state index is 12.3. The van der Waals surface area contributed by atoms with Gasteiger partial charge in [0.05, 0.1) is 6.10 Å². The van der Waals surface area contributed by atoms with Crippen LogP contribution in [0.3, 0.4) is 0 Å². The summed E-state index contributed by atoms with van der Waals surface area (Å²) in [5, 5.41) is 2.12. The van der Waals surface area contributed by atoms with Crippen LogP contribution in [0.2, 0.25) is 0 Å². The summed E-state index contributed by atoms with van der Waals surface area (Å²) in [6.45, 7) is 3.77. The van der Waals surface area contributed by atoms with Crippen molar-refractivity contribution in [3.05, 3.63) is 72.3 Å². The van der Waals surface area contributed by atoms with E-state index in [2.05, 4.69) is 10.9 Å². The molecule has 0 heterocycles. The Kier molecular flexibility index (Phi) is 6.68. The number of amides is 2. The van der Waals surface area contributed by atoms with Crippen molar-refractivity contribution in [2.45, 2.75) is 26.4 Å². The first-order valence-electron chi connectivity index (χ1n) is 9.52. The molecule has 0 fully saturated rings. The highest BCUT2D eigenvalue weighted by Gasteiger charge is 2.10. The lowest BCUT2D eigenvalue weighted by Crippen LogP contribution is -2.43. The summed E-state index contributed by atoms with van der Waals surface area (Å²) >= 11 is 0. The van der Waals surface area contributed by atoms with Gasteiger partial charge in [0, 0.05) is 5.56 Å². The van der Waals surface area contributed by atoms with E-state index in [1.807, 2.05) is 50.2 Å². The fourth-order valence-electron chi connectivity index (χ4n) is 2.67. The first-order valence-corrected chi connectivity index (χ1v) is 9.52. The molecule has 29 heavy (non-hydrogen) atoms. The Morgan fingerprint density at radius 2 is 1.69 bits per heavy atom. The molecular formula is C23H24N2O4. The molecule has 3 aromatic rings. The monoisotopic (exact) mass is 392 g/mol. The summed E-state index contributed by atoms with van der Waals surface area (Å²) < 4.78 is 11.2. The van der Waals surface area contributed by atoms with Crippen LogP contribution in [0, 0.1) is 0 Å². The number of carbonyl (C=O) groups is 2. The first-order chi connectivity index (χ1) is 14.0. The average Bonchev–Trinajstić information content (AvgIpc) is 2.75. The fourth-order valence-corrected chi connectivity index (χ4v) is 2.67. The third-order valence-corrected chi connectivity index (χ3v) is 4.41. The predicted octanol–water partition coefficient (Wildman–Crippen LogP) is 3.86. The Morgan fingerprint density at radius 1 is 0.897 bits per heavy atom. The molecule has 6 heteroatoms. The van der Waals surface area contributed by atoms with Gasteiger partial charge in [-0.05, 0) is 54.4 Å². The van der Waals surface area contributed by atoms with Gasteiger partial charge in [-0.15, -0.1) is 0 Å². The van der Waals surface area contributed by atoms with E-state index in [0.29, 0.717) is 17.1 Å². The number of hydrogen-bond acceptors (Lipinski definition) is 4. The quantitative estimate of drug-likeness (QED) is 0.599. The van der Waals surface area contributed by atoms with Crippen LogP contribution in [0.4, 0.5) is 0 Å². The number of nitrogens with one attached hydrogen (secondary N) is 2. The molecule has 0 aliphatic carbocycles. The molecule has 0 aliphatic rings. The molecule has 3 rings (SSSR count). The van der Waals surface area contributed by atoms with E-state index in [4.69, 9.17) is 9.47 Å². The van der Waals surface area contributed by atoms with Gasteiger partial charge < -0.3 is 9.47 Å². The topological polar surface area (TPSA) is 76.7 Å². The van der Waals surface area contributed by atoms with Crippen LogP contribution in [-0.4, -0.2) is 24.5 Å². The molecule has 3 aromatic carbocycles. The van der Waals surface area contributed by atoms with Gasteiger partial charge in [0.2, 0.25) is 0 Å². The van der Waals surface area contributed by atoms with E-state index in [-0.39, 0.29) is 12.7 Å². The van der Waals surface area contributed by atoms with Gasteiger partial charge in [-0.25, -0.2) is 0 Å². The zero-order valence-electron chi connectivity index (χ0n) is 16.5. The number of hydrogen-bond donors (Lipinski definition) is 2. The van der Waals surface area contributed by atoms with E-state index >= 15 is 0 Å². The molecule has 0 saturated heterocycles. The molecule has 150 valence electrons.